The van der Waals surface area contributed by atoms with Gasteiger partial charge in [-0.3, -0.25) is 14.9 Å². The van der Waals surface area contributed by atoms with Crippen molar-refractivity contribution in [3.63, 3.8) is 0 Å². The average Bonchev–Trinajstić information content (AvgIpc) is 2.38. The van der Waals surface area contributed by atoms with Crippen molar-refractivity contribution >= 4 is 11.6 Å². The Morgan fingerprint density at radius 3 is 2.79 bits per heavy atom. The lowest BCUT2D eigenvalue weighted by atomic mass is 10.1. The largest absolute Gasteiger partial charge is 0.383 e. The lowest BCUT2D eigenvalue weighted by Crippen LogP contribution is -2.37. The van der Waals surface area contributed by atoms with Gasteiger partial charge in [-0.2, -0.15) is 4.39 Å². The molecular formula is C12H15FN2O4. The number of benzene rings is 1. The van der Waals surface area contributed by atoms with E-state index in [1.54, 1.807) is 0 Å². The second kappa shape index (κ2) is 6.79. The van der Waals surface area contributed by atoms with E-state index >= 15 is 0 Å². The highest BCUT2D eigenvalue weighted by Crippen LogP contribution is 2.18. The Labute approximate surface area is 109 Å². The molecule has 1 aromatic rings. The molecule has 7 heteroatoms. The van der Waals surface area contributed by atoms with Crippen LogP contribution in [0.2, 0.25) is 0 Å². The van der Waals surface area contributed by atoms with Gasteiger partial charge in [0.15, 0.2) is 0 Å². The minimum Gasteiger partial charge on any atom is -0.383 e. The average molecular weight is 270 g/mol. The van der Waals surface area contributed by atoms with E-state index in [-0.39, 0.29) is 11.6 Å². The van der Waals surface area contributed by atoms with E-state index < -0.39 is 22.3 Å². The number of nitrogens with one attached hydrogen (secondary N) is 1. The first-order chi connectivity index (χ1) is 8.99. The normalized spacial score (nSPS) is 11.9. The standard InChI is InChI=1S/C12H15FN2O4/c1-3-9(7-19-2)14-12(16)8-4-5-10(13)11(6-8)15(17)18/h4-6,9H,3,7H2,1-2H3,(H,14,16). The zero-order valence-corrected chi connectivity index (χ0v) is 10.7. The van der Waals surface area contributed by atoms with E-state index in [2.05, 4.69) is 5.32 Å². The number of rotatable bonds is 6. The summed E-state index contributed by atoms with van der Waals surface area (Å²) in [7, 11) is 1.51. The molecular weight excluding hydrogens is 255 g/mol. The molecule has 104 valence electrons. The maximum atomic E-state index is 13.1. The number of carbonyl (C=O) groups is 1. The zero-order valence-electron chi connectivity index (χ0n) is 10.7. The van der Waals surface area contributed by atoms with Gasteiger partial charge in [0.05, 0.1) is 17.6 Å². The van der Waals surface area contributed by atoms with Crippen LogP contribution in [0.15, 0.2) is 18.2 Å². The molecule has 0 aliphatic heterocycles. The number of nitro benzene ring substituents is 1. The molecule has 0 aliphatic rings. The highest BCUT2D eigenvalue weighted by Gasteiger charge is 2.18. The number of methoxy groups -OCH3 is 1. The van der Waals surface area contributed by atoms with Crippen molar-refractivity contribution in [1.82, 2.24) is 5.32 Å². The second-order valence-corrected chi connectivity index (χ2v) is 3.96. The Kier molecular flexibility index (Phi) is 5.37. The molecule has 0 aliphatic carbocycles. The molecule has 1 amide bonds. The summed E-state index contributed by atoms with van der Waals surface area (Å²) in [4.78, 5) is 21.6. The molecule has 19 heavy (non-hydrogen) atoms. The summed E-state index contributed by atoms with van der Waals surface area (Å²) < 4.78 is 18.1. The number of amides is 1. The van der Waals surface area contributed by atoms with Gasteiger partial charge in [0.1, 0.15) is 0 Å². The maximum absolute atomic E-state index is 13.1. The summed E-state index contributed by atoms with van der Waals surface area (Å²) >= 11 is 0. The van der Waals surface area contributed by atoms with Crippen LogP contribution < -0.4 is 5.32 Å². The van der Waals surface area contributed by atoms with Gasteiger partial charge in [-0.25, -0.2) is 0 Å². The summed E-state index contributed by atoms with van der Waals surface area (Å²) in [6.07, 6.45) is 0.656. The van der Waals surface area contributed by atoms with Crippen LogP contribution in [0.1, 0.15) is 23.7 Å². The molecule has 1 unspecified atom stereocenters. The third-order valence-electron chi connectivity index (χ3n) is 2.60. The molecule has 0 spiro atoms. The SMILES string of the molecule is CCC(COC)NC(=O)c1ccc(F)c([N+](=O)[O-])c1. The third-order valence-corrected chi connectivity index (χ3v) is 2.60. The fourth-order valence-corrected chi connectivity index (χ4v) is 1.53. The summed E-state index contributed by atoms with van der Waals surface area (Å²) in [5.41, 5.74) is -0.671. The Hall–Kier alpha value is -2.02. The van der Waals surface area contributed by atoms with Gasteiger partial charge in [0.2, 0.25) is 5.82 Å². The van der Waals surface area contributed by atoms with Crippen LogP contribution in [-0.2, 0) is 4.74 Å². The van der Waals surface area contributed by atoms with Crippen molar-refractivity contribution in [2.75, 3.05) is 13.7 Å². The van der Waals surface area contributed by atoms with E-state index in [9.17, 15) is 19.3 Å². The summed E-state index contributed by atoms with van der Waals surface area (Å²) in [6.45, 7) is 2.21. The van der Waals surface area contributed by atoms with Gasteiger partial charge >= 0.3 is 5.69 Å². The highest BCUT2D eigenvalue weighted by atomic mass is 19.1. The Bertz CT molecular complexity index is 479. The van der Waals surface area contributed by atoms with Crippen LogP contribution in [0, 0.1) is 15.9 Å². The number of nitro groups is 1. The first-order valence-corrected chi connectivity index (χ1v) is 5.73. The van der Waals surface area contributed by atoms with E-state index in [1.165, 1.54) is 13.2 Å². The number of carbonyl (C=O) groups excluding carboxylic acids is 1. The molecule has 0 heterocycles. The first-order valence-electron chi connectivity index (χ1n) is 5.73. The van der Waals surface area contributed by atoms with Crippen molar-refractivity contribution in [3.05, 3.63) is 39.7 Å². The molecule has 0 fully saturated rings. The van der Waals surface area contributed by atoms with Crippen LogP contribution in [0.4, 0.5) is 10.1 Å². The fraction of sp³-hybridized carbons (Fsp3) is 0.417. The summed E-state index contributed by atoms with van der Waals surface area (Å²) in [5, 5.41) is 13.3. The van der Waals surface area contributed by atoms with Crippen LogP contribution >= 0.6 is 0 Å². The number of hydrogen-bond donors (Lipinski definition) is 1. The van der Waals surface area contributed by atoms with E-state index in [0.717, 1.165) is 12.1 Å². The van der Waals surface area contributed by atoms with Gasteiger partial charge < -0.3 is 10.1 Å². The molecule has 1 atom stereocenters. The van der Waals surface area contributed by atoms with Crippen molar-refractivity contribution in [3.8, 4) is 0 Å². The minimum absolute atomic E-state index is 0.0441. The zero-order chi connectivity index (χ0) is 14.4. The molecule has 1 aromatic carbocycles. The molecule has 0 radical (unpaired) electrons. The Morgan fingerprint density at radius 1 is 1.58 bits per heavy atom. The topological polar surface area (TPSA) is 81.5 Å². The molecule has 1 N–H and O–H groups in total. The molecule has 0 saturated heterocycles. The Morgan fingerprint density at radius 2 is 2.26 bits per heavy atom. The number of ether oxygens (including phenoxy) is 1. The highest BCUT2D eigenvalue weighted by molar-refractivity contribution is 5.95. The van der Waals surface area contributed by atoms with Crippen LogP contribution in [0.3, 0.4) is 0 Å². The van der Waals surface area contributed by atoms with Crippen molar-refractivity contribution in [2.45, 2.75) is 19.4 Å². The fourth-order valence-electron chi connectivity index (χ4n) is 1.53. The smallest absolute Gasteiger partial charge is 0.305 e. The van der Waals surface area contributed by atoms with E-state index in [0.29, 0.717) is 13.0 Å². The summed E-state index contributed by atoms with van der Waals surface area (Å²) in [6, 6.07) is 2.84. The van der Waals surface area contributed by atoms with Gasteiger partial charge in [-0.05, 0) is 18.6 Å². The molecule has 0 aromatic heterocycles. The Balaban J connectivity index is 2.88. The van der Waals surface area contributed by atoms with Crippen LogP contribution in [0.5, 0.6) is 0 Å². The number of halogens is 1. The van der Waals surface area contributed by atoms with Crippen molar-refractivity contribution in [1.29, 1.82) is 0 Å². The van der Waals surface area contributed by atoms with E-state index in [4.69, 9.17) is 4.74 Å². The monoisotopic (exact) mass is 270 g/mol. The molecule has 0 saturated carbocycles. The van der Waals surface area contributed by atoms with Crippen LogP contribution in [-0.4, -0.2) is 30.6 Å². The number of hydrogen-bond acceptors (Lipinski definition) is 4. The second-order valence-electron chi connectivity index (χ2n) is 3.96. The third kappa shape index (κ3) is 3.99. The van der Waals surface area contributed by atoms with Gasteiger partial charge in [-0.1, -0.05) is 6.92 Å². The molecule has 0 bridgehead atoms. The summed E-state index contributed by atoms with van der Waals surface area (Å²) in [5.74, 6) is -1.46. The van der Waals surface area contributed by atoms with Crippen molar-refractivity contribution in [2.24, 2.45) is 0 Å². The lowest BCUT2D eigenvalue weighted by Gasteiger charge is -2.15. The van der Waals surface area contributed by atoms with Gasteiger partial charge in [0.25, 0.3) is 5.91 Å². The first kappa shape index (κ1) is 15.0. The van der Waals surface area contributed by atoms with Gasteiger partial charge in [-0.15, -0.1) is 0 Å². The van der Waals surface area contributed by atoms with Gasteiger partial charge in [0, 0.05) is 18.7 Å². The predicted octanol–water partition coefficient (Wildman–Crippen LogP) is 1.89. The predicted molar refractivity (Wildman–Crippen MR) is 66.5 cm³/mol. The van der Waals surface area contributed by atoms with Crippen molar-refractivity contribution < 1.29 is 18.8 Å². The quantitative estimate of drug-likeness (QED) is 0.632. The maximum Gasteiger partial charge on any atom is 0.305 e. The molecule has 1 rings (SSSR count). The number of nitrogens with zero attached hydrogens (tertiary/aromatic N) is 1. The minimum atomic E-state index is -0.967. The lowest BCUT2D eigenvalue weighted by molar-refractivity contribution is -0.387. The van der Waals surface area contributed by atoms with E-state index in [1.807, 2.05) is 6.92 Å². The van der Waals surface area contributed by atoms with Crippen LogP contribution in [0.25, 0.3) is 0 Å². The molecule has 6 nitrogen and oxygen atoms in total.